The highest BCUT2D eigenvalue weighted by Gasteiger charge is 2.54. The Kier molecular flexibility index (Phi) is 6.18. The number of benzene rings is 2. The zero-order valence-corrected chi connectivity index (χ0v) is 17.8. The maximum absolute atomic E-state index is 13.9. The predicted molar refractivity (Wildman–Crippen MR) is 114 cm³/mol. The number of carbonyl (C=O) groups is 2. The number of hydrogen-bond acceptors (Lipinski definition) is 6. The van der Waals surface area contributed by atoms with Gasteiger partial charge in [-0.25, -0.2) is 9.53 Å². The molecular weight excluding hydrogens is 476 g/mol. The van der Waals surface area contributed by atoms with E-state index in [-0.39, 0.29) is 11.6 Å². The quantitative estimate of drug-likeness (QED) is 0.438. The fraction of sp³-hybridized carbons (Fsp3) is 0.136. The van der Waals surface area contributed by atoms with Gasteiger partial charge < -0.3 is 25.4 Å². The summed E-state index contributed by atoms with van der Waals surface area (Å²) < 4.78 is 67.1. The largest absolute Gasteiger partial charge is 0.540 e. The van der Waals surface area contributed by atoms with E-state index in [4.69, 9.17) is 4.74 Å². The molecule has 2 aromatic carbocycles. The lowest BCUT2D eigenvalue weighted by Gasteiger charge is -2.30. The summed E-state index contributed by atoms with van der Waals surface area (Å²) in [6.07, 6.45) is -6.00. The van der Waals surface area contributed by atoms with Crippen LogP contribution in [0.25, 0.3) is 0 Å². The number of halogens is 4. The molecule has 13 heteroatoms. The zero-order valence-electron chi connectivity index (χ0n) is 17.8. The van der Waals surface area contributed by atoms with Crippen LogP contribution in [0.15, 0.2) is 60.9 Å². The molecule has 0 unspecified atom stereocenters. The third-order valence-corrected chi connectivity index (χ3v) is 4.58. The van der Waals surface area contributed by atoms with Crippen LogP contribution in [0.5, 0.6) is 17.2 Å². The minimum Gasteiger partial charge on any atom is -0.456 e. The molecule has 35 heavy (non-hydrogen) atoms. The smallest absolute Gasteiger partial charge is 0.456 e. The van der Waals surface area contributed by atoms with Gasteiger partial charge >= 0.3 is 18.4 Å². The molecule has 0 saturated carbocycles. The first-order chi connectivity index (χ1) is 16.5. The molecule has 1 aliphatic rings. The van der Waals surface area contributed by atoms with E-state index in [2.05, 4.69) is 30.4 Å². The Hall–Kier alpha value is -4.39. The lowest BCUT2D eigenvalue weighted by molar-refractivity contribution is -0.461. The number of fused-ring (bicyclic) bond motifs is 1. The summed E-state index contributed by atoms with van der Waals surface area (Å²) in [5, 5.41) is 7.28. The summed E-state index contributed by atoms with van der Waals surface area (Å²) in [5.74, 6) is -0.391. The number of nitrogens with zero attached hydrogens (tertiary/aromatic N) is 1. The van der Waals surface area contributed by atoms with Crippen LogP contribution < -0.4 is 25.4 Å². The van der Waals surface area contributed by atoms with Gasteiger partial charge in [-0.05, 0) is 48.5 Å². The molecule has 0 fully saturated rings. The number of pyridine rings is 1. The number of aromatic nitrogens is 1. The zero-order chi connectivity index (χ0) is 25.2. The van der Waals surface area contributed by atoms with Gasteiger partial charge in [-0.2, -0.15) is 8.78 Å². The van der Waals surface area contributed by atoms with Crippen LogP contribution in [0.3, 0.4) is 0 Å². The number of nitrogens with one attached hydrogen (secondary N) is 3. The fourth-order valence-corrected chi connectivity index (χ4v) is 3.06. The first-order valence-electron chi connectivity index (χ1n) is 9.87. The van der Waals surface area contributed by atoms with Gasteiger partial charge in [-0.1, -0.05) is 0 Å². The van der Waals surface area contributed by atoms with Crippen molar-refractivity contribution in [1.29, 1.82) is 0 Å². The maximum Gasteiger partial charge on any atom is 0.540 e. The summed E-state index contributed by atoms with van der Waals surface area (Å²) in [6, 6.07) is 9.57. The van der Waals surface area contributed by atoms with Gasteiger partial charge in [0, 0.05) is 24.6 Å². The van der Waals surface area contributed by atoms with Crippen LogP contribution in [0.1, 0.15) is 15.9 Å². The first-order valence-corrected chi connectivity index (χ1v) is 9.87. The molecule has 0 saturated heterocycles. The van der Waals surface area contributed by atoms with Crippen LogP contribution in [-0.2, 0) is 10.8 Å². The van der Waals surface area contributed by atoms with Gasteiger partial charge in [-0.3, -0.25) is 9.78 Å². The van der Waals surface area contributed by atoms with Crippen molar-refractivity contribution in [3.8, 4) is 17.2 Å². The molecule has 3 N–H and O–H groups in total. The number of hydrogen-bond donors (Lipinski definition) is 3. The average Bonchev–Trinajstić information content (AvgIpc) is 2.79. The molecule has 0 radical (unpaired) electrons. The van der Waals surface area contributed by atoms with Crippen LogP contribution in [0.2, 0.25) is 0 Å². The van der Waals surface area contributed by atoms with E-state index < -0.39 is 29.7 Å². The monoisotopic (exact) mass is 492 g/mol. The Morgan fingerprint density at radius 3 is 2.31 bits per heavy atom. The highest BCUT2D eigenvalue weighted by molar-refractivity contribution is 5.99. The third-order valence-electron chi connectivity index (χ3n) is 4.58. The molecule has 0 atom stereocenters. The van der Waals surface area contributed by atoms with Crippen molar-refractivity contribution >= 4 is 23.3 Å². The van der Waals surface area contributed by atoms with Gasteiger partial charge in [0.05, 0.1) is 17.3 Å². The Labute approximate surface area is 195 Å². The lowest BCUT2D eigenvalue weighted by atomic mass is 10.1. The lowest BCUT2D eigenvalue weighted by Crippen LogP contribution is -2.41. The summed E-state index contributed by atoms with van der Waals surface area (Å²) in [5.41, 5.74) is -0.423. The van der Waals surface area contributed by atoms with E-state index in [9.17, 15) is 27.2 Å². The highest BCUT2D eigenvalue weighted by atomic mass is 19.3. The molecule has 0 aliphatic carbocycles. The fourth-order valence-electron chi connectivity index (χ4n) is 3.06. The highest BCUT2D eigenvalue weighted by Crippen LogP contribution is 2.46. The van der Waals surface area contributed by atoms with Crippen LogP contribution in [0.4, 0.5) is 33.7 Å². The van der Waals surface area contributed by atoms with Crippen molar-refractivity contribution in [2.45, 2.75) is 12.4 Å². The summed E-state index contributed by atoms with van der Waals surface area (Å²) in [7, 11) is 1.49. The summed E-state index contributed by atoms with van der Waals surface area (Å²) >= 11 is 0. The van der Waals surface area contributed by atoms with Gasteiger partial charge in [-0.15, -0.1) is 8.78 Å². The normalized spacial score (nSPS) is 15.2. The second kappa shape index (κ2) is 9.10. The molecule has 0 bridgehead atoms. The van der Waals surface area contributed by atoms with E-state index in [0.29, 0.717) is 22.7 Å². The minimum absolute atomic E-state index is 0.109. The Morgan fingerprint density at radius 2 is 1.60 bits per heavy atom. The molecule has 1 aromatic heterocycles. The van der Waals surface area contributed by atoms with Gasteiger partial charge in [0.2, 0.25) is 0 Å². The number of ether oxygens (including phenoxy) is 3. The Morgan fingerprint density at radius 1 is 0.914 bits per heavy atom. The van der Waals surface area contributed by atoms with Crippen molar-refractivity contribution in [2.24, 2.45) is 0 Å². The molecule has 0 spiro atoms. The maximum atomic E-state index is 13.9. The molecule has 4 rings (SSSR count). The molecule has 3 aromatic rings. The average molecular weight is 492 g/mol. The number of amides is 3. The van der Waals surface area contributed by atoms with E-state index >= 15 is 0 Å². The van der Waals surface area contributed by atoms with Crippen LogP contribution in [0, 0.1) is 0 Å². The van der Waals surface area contributed by atoms with Gasteiger partial charge in [0.1, 0.15) is 17.2 Å². The van der Waals surface area contributed by atoms with Crippen molar-refractivity contribution in [3.63, 3.8) is 0 Å². The molecular formula is C22H16F4N4O5. The topological polar surface area (TPSA) is 111 Å². The number of carbonyl (C=O) groups excluding carboxylic acids is 2. The predicted octanol–water partition coefficient (Wildman–Crippen LogP) is 4.89. The van der Waals surface area contributed by atoms with E-state index in [1.54, 1.807) is 0 Å². The second-order valence-corrected chi connectivity index (χ2v) is 7.09. The minimum atomic E-state index is -4.48. The Balaban J connectivity index is 1.39. The van der Waals surface area contributed by atoms with E-state index in [0.717, 1.165) is 18.2 Å². The Bertz CT molecular complexity index is 1270. The van der Waals surface area contributed by atoms with Crippen molar-refractivity contribution in [1.82, 2.24) is 10.3 Å². The first kappa shape index (κ1) is 23.8. The van der Waals surface area contributed by atoms with Crippen LogP contribution in [-0.4, -0.2) is 30.3 Å². The summed E-state index contributed by atoms with van der Waals surface area (Å²) in [4.78, 5) is 27.9. The second-order valence-electron chi connectivity index (χ2n) is 7.09. The molecule has 3 amide bonds. The van der Waals surface area contributed by atoms with E-state index in [1.165, 1.54) is 49.8 Å². The summed E-state index contributed by atoms with van der Waals surface area (Å²) in [6.45, 7) is 0. The molecule has 2 heterocycles. The van der Waals surface area contributed by atoms with E-state index in [1.807, 2.05) is 0 Å². The SMILES string of the molecule is CNC(=O)c1cncc(Oc2ccc(NC(=O)Nc3ccc4c(c3)C(F)(F)OC(F)(F)O4)cc2)c1. The van der Waals surface area contributed by atoms with Crippen molar-refractivity contribution < 1.29 is 41.4 Å². The van der Waals surface area contributed by atoms with Crippen LogP contribution >= 0.6 is 0 Å². The standard InChI is InChI=1S/C22H16F4N4O5/c1-27-19(31)12-8-16(11-28-10-12)33-15-5-2-13(3-6-15)29-20(32)30-14-4-7-18-17(9-14)21(23,24)35-22(25,26)34-18/h2-11H,1H3,(H,27,31)(H2,29,30,32). The molecule has 9 nitrogen and oxygen atoms in total. The number of urea groups is 1. The van der Waals surface area contributed by atoms with Crippen molar-refractivity contribution in [3.05, 3.63) is 72.1 Å². The van der Waals surface area contributed by atoms with Gasteiger partial charge in [0.25, 0.3) is 5.91 Å². The number of alkyl halides is 4. The molecule has 1 aliphatic heterocycles. The molecule has 182 valence electrons. The third kappa shape index (κ3) is 5.58. The number of rotatable bonds is 5. The van der Waals surface area contributed by atoms with Gasteiger partial charge in [0.15, 0.2) is 0 Å². The number of anilines is 2. The van der Waals surface area contributed by atoms with Crippen molar-refractivity contribution in [2.75, 3.05) is 17.7 Å².